The average molecular weight is 778 g/mol. The van der Waals surface area contributed by atoms with E-state index in [4.69, 9.17) is 7.16 Å². The second kappa shape index (κ2) is 13.2. The summed E-state index contributed by atoms with van der Waals surface area (Å²) in [5, 5.41) is 1.78. The minimum atomic E-state index is -0.130. The normalized spacial score (nSPS) is 16.0. The van der Waals surface area contributed by atoms with Crippen LogP contribution in [0.2, 0.25) is 0 Å². The third-order valence-corrected chi connectivity index (χ3v) is 13.5. The monoisotopic (exact) mass is 777 g/mol. The van der Waals surface area contributed by atoms with E-state index in [1.807, 2.05) is 6.07 Å². The molecule has 8 aromatic carbocycles. The topological polar surface area (TPSA) is 16.4 Å². The summed E-state index contributed by atoms with van der Waals surface area (Å²) in [6.45, 7) is 14.5. The maximum atomic E-state index is 8.25. The van der Waals surface area contributed by atoms with Gasteiger partial charge in [-0.15, -0.1) is 0 Å². The molecule has 0 N–H and O–H groups in total. The molecule has 0 aliphatic heterocycles. The summed E-state index contributed by atoms with van der Waals surface area (Å²) < 4.78 is 22.8. The third-order valence-electron chi connectivity index (χ3n) is 13.5. The summed E-state index contributed by atoms with van der Waals surface area (Å²) in [5.41, 5.74) is 20.3. The van der Waals surface area contributed by atoms with Gasteiger partial charge in [0.25, 0.3) is 0 Å². The number of hydrogen-bond acceptors (Lipinski definition) is 2. The molecule has 1 aromatic heterocycles. The molecule has 0 unspecified atom stereocenters. The lowest BCUT2D eigenvalue weighted by atomic mass is 9.77. The lowest BCUT2D eigenvalue weighted by Gasteiger charge is -2.27. The minimum absolute atomic E-state index is 0.130. The Morgan fingerprint density at radius 3 is 1.80 bits per heavy atom. The van der Waals surface area contributed by atoms with Gasteiger partial charge in [0, 0.05) is 39.3 Å². The van der Waals surface area contributed by atoms with Gasteiger partial charge in [-0.05, 0) is 133 Å². The standard InChI is InChI=1S/C58H49NO/c1-56(2)36-57(3,4)52-35-50-49(34-51(52)56)48-20-13-19-45(55(48)58(50,5)6)40-24-22-39(23-25-40)41-16-12-17-43(32-41)59(42-28-26-38(27-29-42)37-14-8-7-9-15-37)44-30-31-47-46-18-10-11-21-53(46)60-54(47)33-44/h7-35H,36H2,1-6H3/i10D,11D. The van der Waals surface area contributed by atoms with Crippen LogP contribution in [-0.4, -0.2) is 0 Å². The summed E-state index contributed by atoms with van der Waals surface area (Å²) in [4.78, 5) is 2.27. The molecule has 2 nitrogen and oxygen atoms in total. The third kappa shape index (κ3) is 5.69. The fraction of sp³-hybridized carbons (Fsp3) is 0.172. The van der Waals surface area contributed by atoms with E-state index >= 15 is 0 Å². The highest BCUT2D eigenvalue weighted by molar-refractivity contribution is 6.06. The SMILES string of the molecule is [2H]c1cc2oc3cc(N(c4ccc(-c5ccccc5)cc4)c4cccc(-c5ccc(-c6cccc7c6C(C)(C)c6cc8c(cc6-7)C(C)(C)CC8(C)C)cc5)c4)ccc3c2cc1[2H]. The molecule has 2 aliphatic rings. The summed E-state index contributed by atoms with van der Waals surface area (Å²) in [5.74, 6) is 0. The zero-order chi connectivity index (χ0) is 42.7. The summed E-state index contributed by atoms with van der Waals surface area (Å²) in [6, 6.07) is 59.0. The second-order valence-electron chi connectivity index (χ2n) is 18.8. The van der Waals surface area contributed by atoms with Crippen molar-refractivity contribution in [3.05, 3.63) is 198 Å². The number of benzene rings is 8. The number of furan rings is 1. The van der Waals surface area contributed by atoms with E-state index in [0.717, 1.165) is 50.1 Å². The van der Waals surface area contributed by atoms with Crippen LogP contribution in [0.5, 0.6) is 0 Å². The predicted octanol–water partition coefficient (Wildman–Crippen LogP) is 16.3. The number of fused-ring (bicyclic) bond motifs is 7. The minimum Gasteiger partial charge on any atom is -0.456 e. The Morgan fingerprint density at radius 1 is 0.433 bits per heavy atom. The first-order chi connectivity index (χ1) is 29.8. The molecule has 0 amide bonds. The van der Waals surface area contributed by atoms with Crippen molar-refractivity contribution in [1.82, 2.24) is 0 Å². The molecule has 0 atom stereocenters. The molecule has 292 valence electrons. The summed E-state index contributed by atoms with van der Waals surface area (Å²) >= 11 is 0. The van der Waals surface area contributed by atoms with Gasteiger partial charge < -0.3 is 9.32 Å². The summed E-state index contributed by atoms with van der Waals surface area (Å²) in [6.07, 6.45) is 1.17. The molecule has 60 heavy (non-hydrogen) atoms. The van der Waals surface area contributed by atoms with Gasteiger partial charge in [-0.2, -0.15) is 0 Å². The van der Waals surface area contributed by atoms with E-state index in [2.05, 4.69) is 192 Å². The molecule has 0 saturated carbocycles. The highest BCUT2D eigenvalue weighted by atomic mass is 16.3. The fourth-order valence-corrected chi connectivity index (χ4v) is 10.9. The number of nitrogens with zero attached hydrogens (tertiary/aromatic N) is 1. The van der Waals surface area contributed by atoms with Crippen molar-refractivity contribution >= 4 is 39.0 Å². The zero-order valence-electron chi connectivity index (χ0n) is 37.2. The average Bonchev–Trinajstić information content (AvgIpc) is 3.80. The lowest BCUT2D eigenvalue weighted by molar-refractivity contribution is 0.403. The number of hydrogen-bond donors (Lipinski definition) is 0. The van der Waals surface area contributed by atoms with Crippen molar-refractivity contribution in [3.8, 4) is 44.5 Å². The Morgan fingerprint density at radius 2 is 1.02 bits per heavy atom. The Hall–Kier alpha value is -6.64. The maximum absolute atomic E-state index is 8.25. The van der Waals surface area contributed by atoms with E-state index < -0.39 is 0 Å². The van der Waals surface area contributed by atoms with Crippen LogP contribution in [0.4, 0.5) is 17.1 Å². The second-order valence-corrected chi connectivity index (χ2v) is 18.8. The molecule has 0 saturated heterocycles. The van der Waals surface area contributed by atoms with Crippen LogP contribution < -0.4 is 4.90 Å². The van der Waals surface area contributed by atoms with Crippen molar-refractivity contribution in [2.24, 2.45) is 0 Å². The molecule has 0 spiro atoms. The van der Waals surface area contributed by atoms with Gasteiger partial charge in [0.15, 0.2) is 0 Å². The molecule has 0 bridgehead atoms. The molecule has 11 rings (SSSR count). The van der Waals surface area contributed by atoms with Gasteiger partial charge in [0.2, 0.25) is 0 Å². The molecule has 2 heteroatoms. The van der Waals surface area contributed by atoms with E-state index in [9.17, 15) is 0 Å². The Kier molecular flexibility index (Phi) is 7.52. The van der Waals surface area contributed by atoms with Crippen LogP contribution in [0.3, 0.4) is 0 Å². The smallest absolute Gasteiger partial charge is 0.137 e. The van der Waals surface area contributed by atoms with E-state index in [1.54, 1.807) is 12.1 Å². The van der Waals surface area contributed by atoms with Crippen molar-refractivity contribution in [1.29, 1.82) is 0 Å². The number of anilines is 3. The highest BCUT2D eigenvalue weighted by Gasteiger charge is 2.46. The van der Waals surface area contributed by atoms with Gasteiger partial charge in [-0.25, -0.2) is 0 Å². The van der Waals surface area contributed by atoms with Crippen LogP contribution in [0.1, 0.15) is 73.0 Å². The van der Waals surface area contributed by atoms with E-state index in [0.29, 0.717) is 5.58 Å². The fourth-order valence-electron chi connectivity index (χ4n) is 10.9. The molecule has 2 aliphatic carbocycles. The van der Waals surface area contributed by atoms with Gasteiger partial charge in [-0.1, -0.05) is 163 Å². The molecular formula is C58H49NO. The first-order valence-corrected chi connectivity index (χ1v) is 21.2. The lowest BCUT2D eigenvalue weighted by Crippen LogP contribution is -2.19. The Bertz CT molecular complexity index is 3240. The first kappa shape index (κ1) is 34.2. The molecular weight excluding hydrogens is 727 g/mol. The maximum Gasteiger partial charge on any atom is 0.137 e. The largest absolute Gasteiger partial charge is 0.456 e. The van der Waals surface area contributed by atoms with Crippen molar-refractivity contribution in [2.45, 2.75) is 64.2 Å². The summed E-state index contributed by atoms with van der Waals surface area (Å²) in [7, 11) is 0. The predicted molar refractivity (Wildman–Crippen MR) is 253 cm³/mol. The highest BCUT2D eigenvalue weighted by Crippen LogP contribution is 2.57. The quantitative estimate of drug-likeness (QED) is 0.167. The van der Waals surface area contributed by atoms with Gasteiger partial charge in [0.05, 0.1) is 2.74 Å². The van der Waals surface area contributed by atoms with Crippen LogP contribution in [0, 0.1) is 0 Å². The Labute approximate surface area is 356 Å². The number of rotatable bonds is 6. The van der Waals surface area contributed by atoms with Gasteiger partial charge in [0.1, 0.15) is 11.2 Å². The van der Waals surface area contributed by atoms with Crippen LogP contribution in [0.15, 0.2) is 180 Å². The first-order valence-electron chi connectivity index (χ1n) is 22.2. The molecule has 0 radical (unpaired) electrons. The number of para-hydroxylation sites is 1. The molecule has 1 heterocycles. The van der Waals surface area contributed by atoms with E-state index in [1.165, 1.54) is 56.5 Å². The van der Waals surface area contributed by atoms with Crippen molar-refractivity contribution in [2.75, 3.05) is 4.90 Å². The van der Waals surface area contributed by atoms with Crippen molar-refractivity contribution in [3.63, 3.8) is 0 Å². The van der Waals surface area contributed by atoms with Gasteiger partial charge in [-0.3, -0.25) is 0 Å². The van der Waals surface area contributed by atoms with Crippen LogP contribution in [-0.2, 0) is 16.2 Å². The van der Waals surface area contributed by atoms with Gasteiger partial charge >= 0.3 is 0 Å². The zero-order valence-corrected chi connectivity index (χ0v) is 35.2. The van der Waals surface area contributed by atoms with E-state index in [-0.39, 0.29) is 28.3 Å². The molecule has 9 aromatic rings. The molecule has 0 fully saturated rings. The van der Waals surface area contributed by atoms with Crippen molar-refractivity contribution < 1.29 is 7.16 Å². The van der Waals surface area contributed by atoms with Crippen LogP contribution in [0.25, 0.3) is 66.4 Å². The Balaban J connectivity index is 0.972. The van der Waals surface area contributed by atoms with Crippen LogP contribution >= 0.6 is 0 Å².